The summed E-state index contributed by atoms with van der Waals surface area (Å²) < 4.78 is 14.8. The lowest BCUT2D eigenvalue weighted by molar-refractivity contribution is -0.150. The lowest BCUT2D eigenvalue weighted by atomic mass is 10.4. The second-order valence-electron chi connectivity index (χ2n) is 2.42. The van der Waals surface area contributed by atoms with Crippen molar-refractivity contribution < 1.29 is 19.0 Å². The van der Waals surface area contributed by atoms with Gasteiger partial charge in [-0.25, -0.2) is 0 Å². The maximum atomic E-state index is 10.9. The Balaban J connectivity index is 2.21. The smallest absolute Gasteiger partial charge is 0.313 e. The second-order valence-corrected chi connectivity index (χ2v) is 2.42. The Morgan fingerprint density at radius 2 is 2.50 bits per heavy atom. The Hall–Kier alpha value is -1.19. The molecule has 1 rings (SSSR count). The molecule has 12 heavy (non-hydrogen) atoms. The highest BCUT2D eigenvalue weighted by Gasteiger charge is 2.20. The molecule has 1 atom stereocenters. The highest BCUT2D eigenvalue weighted by molar-refractivity contribution is 5.69. The van der Waals surface area contributed by atoms with E-state index in [1.165, 1.54) is 6.26 Å². The minimum absolute atomic E-state index is 0.141. The van der Waals surface area contributed by atoms with E-state index in [0.29, 0.717) is 12.4 Å². The van der Waals surface area contributed by atoms with Crippen molar-refractivity contribution in [3.63, 3.8) is 0 Å². The van der Waals surface area contributed by atoms with Gasteiger partial charge in [-0.15, -0.1) is 0 Å². The van der Waals surface area contributed by atoms with Gasteiger partial charge in [0.05, 0.1) is 6.61 Å². The number of rotatable bonds is 3. The van der Waals surface area contributed by atoms with E-state index in [-0.39, 0.29) is 12.4 Å². The van der Waals surface area contributed by atoms with Gasteiger partial charge < -0.3 is 14.2 Å². The molecule has 0 aliphatic carbocycles. The monoisotopic (exact) mass is 172 g/mol. The van der Waals surface area contributed by atoms with Gasteiger partial charge in [-0.05, 0) is 13.8 Å². The van der Waals surface area contributed by atoms with Gasteiger partial charge in [-0.1, -0.05) is 0 Å². The first kappa shape index (κ1) is 8.90. The van der Waals surface area contributed by atoms with Crippen LogP contribution in [0.1, 0.15) is 20.3 Å². The Kier molecular flexibility index (Phi) is 2.96. The zero-order valence-corrected chi connectivity index (χ0v) is 7.20. The summed E-state index contributed by atoms with van der Waals surface area (Å²) in [4.78, 5) is 10.9. The van der Waals surface area contributed by atoms with E-state index in [1.54, 1.807) is 13.8 Å². The second kappa shape index (κ2) is 3.99. The number of ether oxygens (including phenoxy) is 3. The molecule has 1 unspecified atom stereocenters. The molecule has 0 bridgehead atoms. The van der Waals surface area contributed by atoms with Crippen molar-refractivity contribution >= 4 is 5.97 Å². The van der Waals surface area contributed by atoms with Crippen LogP contribution in [-0.4, -0.2) is 18.9 Å². The molecule has 0 aromatic heterocycles. The normalized spacial score (nSPS) is 20.8. The highest BCUT2D eigenvalue weighted by atomic mass is 16.7. The van der Waals surface area contributed by atoms with Gasteiger partial charge in [0.1, 0.15) is 18.4 Å². The molecule has 4 heteroatoms. The summed E-state index contributed by atoms with van der Waals surface area (Å²) in [6.07, 6.45) is 1.13. The van der Waals surface area contributed by atoms with E-state index in [4.69, 9.17) is 14.2 Å². The van der Waals surface area contributed by atoms with Crippen LogP contribution in [0, 0.1) is 0 Å². The molecule has 68 valence electrons. The Morgan fingerprint density at radius 3 is 3.00 bits per heavy atom. The molecule has 0 saturated heterocycles. The third-order valence-corrected chi connectivity index (χ3v) is 1.34. The molecule has 0 aromatic rings. The van der Waals surface area contributed by atoms with E-state index in [2.05, 4.69) is 0 Å². The average molecular weight is 172 g/mol. The van der Waals surface area contributed by atoms with Crippen LogP contribution in [0.2, 0.25) is 0 Å². The molecule has 0 fully saturated rings. The van der Waals surface area contributed by atoms with Crippen molar-refractivity contribution in [1.82, 2.24) is 0 Å². The predicted octanol–water partition coefficient (Wildman–Crippen LogP) is 1.17. The van der Waals surface area contributed by atoms with Crippen molar-refractivity contribution in [2.75, 3.05) is 6.61 Å². The molecule has 0 aromatic carbocycles. The lowest BCUT2D eigenvalue weighted by Gasteiger charge is -2.09. The summed E-state index contributed by atoms with van der Waals surface area (Å²) in [7, 11) is 0. The van der Waals surface area contributed by atoms with Gasteiger partial charge >= 0.3 is 5.97 Å². The maximum Gasteiger partial charge on any atom is 0.313 e. The first-order valence-corrected chi connectivity index (χ1v) is 3.87. The van der Waals surface area contributed by atoms with Crippen molar-refractivity contribution in [1.29, 1.82) is 0 Å². The summed E-state index contributed by atoms with van der Waals surface area (Å²) in [5.74, 6) is 0.384. The molecule has 0 N–H and O–H groups in total. The van der Waals surface area contributed by atoms with Crippen molar-refractivity contribution in [3.8, 4) is 0 Å². The fourth-order valence-corrected chi connectivity index (χ4v) is 0.880. The summed E-state index contributed by atoms with van der Waals surface area (Å²) in [5.41, 5.74) is 0. The minimum Gasteiger partial charge on any atom is -0.466 e. The van der Waals surface area contributed by atoms with E-state index in [9.17, 15) is 4.79 Å². The van der Waals surface area contributed by atoms with Gasteiger partial charge in [0.2, 0.25) is 0 Å². The number of hydrogen-bond donors (Lipinski definition) is 0. The number of hydrogen-bond acceptors (Lipinski definition) is 4. The van der Waals surface area contributed by atoms with Gasteiger partial charge in [-0.2, -0.15) is 0 Å². The summed E-state index contributed by atoms with van der Waals surface area (Å²) in [6.45, 7) is 3.92. The SMILES string of the molecule is CCOC(=O)CC1OC=C(C)O1. The molecule has 0 saturated carbocycles. The zero-order valence-electron chi connectivity index (χ0n) is 7.20. The van der Waals surface area contributed by atoms with Gasteiger partial charge in [-0.3, -0.25) is 4.79 Å². The van der Waals surface area contributed by atoms with Crippen LogP contribution >= 0.6 is 0 Å². The molecule has 0 amide bonds. The maximum absolute atomic E-state index is 10.9. The van der Waals surface area contributed by atoms with Crippen LogP contribution < -0.4 is 0 Å². The molecule has 1 aliphatic heterocycles. The van der Waals surface area contributed by atoms with Crippen LogP contribution in [0.5, 0.6) is 0 Å². The Morgan fingerprint density at radius 1 is 1.75 bits per heavy atom. The van der Waals surface area contributed by atoms with E-state index in [0.717, 1.165) is 0 Å². The van der Waals surface area contributed by atoms with Crippen LogP contribution in [0.25, 0.3) is 0 Å². The Bertz CT molecular complexity index is 197. The quantitative estimate of drug-likeness (QED) is 0.599. The van der Waals surface area contributed by atoms with Crippen molar-refractivity contribution in [2.45, 2.75) is 26.6 Å². The molecule has 4 nitrogen and oxygen atoms in total. The highest BCUT2D eigenvalue weighted by Crippen LogP contribution is 2.16. The predicted molar refractivity (Wildman–Crippen MR) is 41.0 cm³/mol. The number of allylic oxidation sites excluding steroid dienone is 1. The summed E-state index contributed by atoms with van der Waals surface area (Å²) in [6, 6.07) is 0. The van der Waals surface area contributed by atoms with E-state index < -0.39 is 6.29 Å². The lowest BCUT2D eigenvalue weighted by Crippen LogP contribution is -2.16. The fourth-order valence-electron chi connectivity index (χ4n) is 0.880. The summed E-state index contributed by atoms with van der Waals surface area (Å²) >= 11 is 0. The van der Waals surface area contributed by atoms with Crippen LogP contribution in [0.15, 0.2) is 12.0 Å². The van der Waals surface area contributed by atoms with Crippen LogP contribution in [0.4, 0.5) is 0 Å². The number of carbonyl (C=O) groups is 1. The van der Waals surface area contributed by atoms with Gasteiger partial charge in [0.25, 0.3) is 6.29 Å². The number of esters is 1. The molecular formula is C8H12O4. The fraction of sp³-hybridized carbons (Fsp3) is 0.625. The first-order chi connectivity index (χ1) is 5.72. The standard InChI is InChI=1S/C8H12O4/c1-3-10-7(9)4-8-11-5-6(2)12-8/h5,8H,3-4H2,1-2H3. The minimum atomic E-state index is -0.496. The molecular weight excluding hydrogens is 160 g/mol. The first-order valence-electron chi connectivity index (χ1n) is 3.87. The third kappa shape index (κ3) is 2.45. The molecule has 0 radical (unpaired) electrons. The van der Waals surface area contributed by atoms with E-state index in [1.807, 2.05) is 0 Å². The molecule has 1 aliphatic rings. The van der Waals surface area contributed by atoms with Crippen LogP contribution in [0.3, 0.4) is 0 Å². The van der Waals surface area contributed by atoms with Crippen molar-refractivity contribution in [2.24, 2.45) is 0 Å². The molecule has 0 spiro atoms. The average Bonchev–Trinajstić information content (AvgIpc) is 2.36. The van der Waals surface area contributed by atoms with Gasteiger partial charge in [0.15, 0.2) is 0 Å². The van der Waals surface area contributed by atoms with Crippen LogP contribution in [-0.2, 0) is 19.0 Å². The topological polar surface area (TPSA) is 44.8 Å². The van der Waals surface area contributed by atoms with E-state index >= 15 is 0 Å². The largest absolute Gasteiger partial charge is 0.466 e. The Labute approximate surface area is 71.1 Å². The zero-order chi connectivity index (χ0) is 8.97. The third-order valence-electron chi connectivity index (χ3n) is 1.34. The van der Waals surface area contributed by atoms with Crippen molar-refractivity contribution in [3.05, 3.63) is 12.0 Å². The van der Waals surface area contributed by atoms with Gasteiger partial charge in [0, 0.05) is 0 Å². The number of carbonyl (C=O) groups excluding carboxylic acids is 1. The summed E-state index contributed by atoms with van der Waals surface area (Å²) in [5, 5.41) is 0. The molecule has 1 heterocycles.